The van der Waals surface area contributed by atoms with Crippen LogP contribution in [0.4, 0.5) is 0 Å². The Morgan fingerprint density at radius 3 is 2.85 bits per heavy atom. The highest BCUT2D eigenvalue weighted by Crippen LogP contribution is 2.51. The highest BCUT2D eigenvalue weighted by atomic mass is 16.5. The second-order valence-electron chi connectivity index (χ2n) is 7.44. The average molecular weight is 357 g/mol. The molecule has 136 valence electrons. The SMILES string of the molecule is C=C1O[C@H]2c3c(C)c(OCc4cccc(C#N)c4)cc(C)c3CC[C@H]2C1=C. The lowest BCUT2D eigenvalue weighted by Crippen LogP contribution is -2.20. The molecule has 3 nitrogen and oxygen atoms in total. The Bertz CT molecular complexity index is 996. The highest BCUT2D eigenvalue weighted by Gasteiger charge is 2.41. The van der Waals surface area contributed by atoms with Crippen molar-refractivity contribution in [1.29, 1.82) is 5.26 Å². The summed E-state index contributed by atoms with van der Waals surface area (Å²) >= 11 is 0. The van der Waals surface area contributed by atoms with Crippen molar-refractivity contribution in [3.05, 3.63) is 88.2 Å². The van der Waals surface area contributed by atoms with Gasteiger partial charge in [-0.3, -0.25) is 0 Å². The Morgan fingerprint density at radius 2 is 2.07 bits per heavy atom. The van der Waals surface area contributed by atoms with E-state index < -0.39 is 0 Å². The third-order valence-electron chi connectivity index (χ3n) is 5.80. The summed E-state index contributed by atoms with van der Waals surface area (Å²) in [7, 11) is 0. The van der Waals surface area contributed by atoms with E-state index in [4.69, 9.17) is 14.7 Å². The van der Waals surface area contributed by atoms with Gasteiger partial charge in [0.15, 0.2) is 0 Å². The molecule has 2 aliphatic rings. The number of aryl methyl sites for hydroxylation is 1. The van der Waals surface area contributed by atoms with E-state index in [0.717, 1.165) is 41.1 Å². The van der Waals surface area contributed by atoms with Crippen LogP contribution in [0.3, 0.4) is 0 Å². The standard InChI is InChI=1S/C24H23NO2/c1-14-10-22(26-13-19-7-5-6-18(11-19)12-25)16(3)23-20(14)8-9-21-15(2)17(4)27-24(21)23/h5-7,10-11,21,24H,2,4,8-9,13H2,1,3H3/t21-,24+/m0/s1. The summed E-state index contributed by atoms with van der Waals surface area (Å²) in [6.45, 7) is 12.9. The van der Waals surface area contributed by atoms with Crippen molar-refractivity contribution in [3.63, 3.8) is 0 Å². The molecule has 0 spiro atoms. The maximum absolute atomic E-state index is 9.07. The third-order valence-corrected chi connectivity index (χ3v) is 5.80. The minimum atomic E-state index is -0.00193. The first-order chi connectivity index (χ1) is 13.0. The van der Waals surface area contributed by atoms with Crippen LogP contribution in [0, 0.1) is 31.1 Å². The fourth-order valence-corrected chi connectivity index (χ4v) is 4.31. The lowest BCUT2D eigenvalue weighted by Gasteiger charge is -2.30. The normalized spacial score (nSPS) is 20.5. The number of nitriles is 1. The second-order valence-corrected chi connectivity index (χ2v) is 7.44. The fraction of sp³-hybridized carbons (Fsp3) is 0.292. The minimum Gasteiger partial charge on any atom is -0.489 e. The molecule has 0 N–H and O–H groups in total. The largest absolute Gasteiger partial charge is 0.489 e. The Hall–Kier alpha value is -2.99. The first kappa shape index (κ1) is 17.4. The summed E-state index contributed by atoms with van der Waals surface area (Å²) in [5.74, 6) is 1.90. The van der Waals surface area contributed by atoms with Gasteiger partial charge in [0.2, 0.25) is 0 Å². The zero-order valence-electron chi connectivity index (χ0n) is 15.8. The van der Waals surface area contributed by atoms with Crippen molar-refractivity contribution in [3.8, 4) is 11.8 Å². The molecule has 1 aliphatic heterocycles. The van der Waals surface area contributed by atoms with Gasteiger partial charge in [0.1, 0.15) is 24.2 Å². The predicted octanol–water partition coefficient (Wildman–Crippen LogP) is 5.46. The fourth-order valence-electron chi connectivity index (χ4n) is 4.31. The second kappa shape index (κ2) is 6.63. The summed E-state index contributed by atoms with van der Waals surface area (Å²) in [5.41, 5.74) is 7.64. The number of fused-ring (bicyclic) bond motifs is 3. The van der Waals surface area contributed by atoms with Gasteiger partial charge in [0, 0.05) is 11.5 Å². The number of allylic oxidation sites excluding steroid dienone is 1. The van der Waals surface area contributed by atoms with Gasteiger partial charge in [-0.2, -0.15) is 5.26 Å². The zero-order valence-corrected chi connectivity index (χ0v) is 15.8. The number of rotatable bonds is 3. The number of nitrogens with zero attached hydrogens (tertiary/aromatic N) is 1. The highest BCUT2D eigenvalue weighted by molar-refractivity contribution is 5.53. The lowest BCUT2D eigenvalue weighted by molar-refractivity contribution is 0.121. The quantitative estimate of drug-likeness (QED) is 0.733. The van der Waals surface area contributed by atoms with Crippen LogP contribution in [0.15, 0.2) is 54.8 Å². The van der Waals surface area contributed by atoms with E-state index in [1.807, 2.05) is 18.2 Å². The Morgan fingerprint density at radius 1 is 1.26 bits per heavy atom. The summed E-state index contributed by atoms with van der Waals surface area (Å²) < 4.78 is 12.3. The molecular formula is C24H23NO2. The Labute approximate surface area is 160 Å². The third kappa shape index (κ3) is 2.92. The topological polar surface area (TPSA) is 42.2 Å². The van der Waals surface area contributed by atoms with Crippen LogP contribution in [-0.4, -0.2) is 0 Å². The predicted molar refractivity (Wildman–Crippen MR) is 105 cm³/mol. The van der Waals surface area contributed by atoms with E-state index in [1.54, 1.807) is 6.07 Å². The molecule has 0 radical (unpaired) electrons. The van der Waals surface area contributed by atoms with Crippen LogP contribution in [-0.2, 0) is 17.8 Å². The van der Waals surface area contributed by atoms with Crippen LogP contribution >= 0.6 is 0 Å². The molecular weight excluding hydrogens is 334 g/mol. The lowest BCUT2D eigenvalue weighted by atomic mass is 9.76. The van der Waals surface area contributed by atoms with E-state index in [2.05, 4.69) is 39.1 Å². The molecule has 0 bridgehead atoms. The molecule has 2 atom stereocenters. The van der Waals surface area contributed by atoms with Gasteiger partial charge in [-0.1, -0.05) is 25.3 Å². The van der Waals surface area contributed by atoms with Gasteiger partial charge in [0.05, 0.1) is 11.6 Å². The van der Waals surface area contributed by atoms with Crippen LogP contribution in [0.25, 0.3) is 0 Å². The van der Waals surface area contributed by atoms with E-state index >= 15 is 0 Å². The monoisotopic (exact) mass is 357 g/mol. The Balaban J connectivity index is 1.67. The number of hydrogen-bond donors (Lipinski definition) is 0. The summed E-state index contributed by atoms with van der Waals surface area (Å²) in [6.07, 6.45) is 2.08. The van der Waals surface area contributed by atoms with E-state index in [1.165, 1.54) is 16.7 Å². The molecule has 27 heavy (non-hydrogen) atoms. The van der Waals surface area contributed by atoms with Crippen LogP contribution in [0.1, 0.15) is 45.9 Å². The smallest absolute Gasteiger partial charge is 0.131 e. The van der Waals surface area contributed by atoms with Gasteiger partial charge in [-0.15, -0.1) is 0 Å². The van der Waals surface area contributed by atoms with Gasteiger partial charge in [-0.25, -0.2) is 0 Å². The van der Waals surface area contributed by atoms with Crippen molar-refractivity contribution in [2.24, 2.45) is 5.92 Å². The van der Waals surface area contributed by atoms with Gasteiger partial charge in [0.25, 0.3) is 0 Å². The molecule has 1 aliphatic carbocycles. The van der Waals surface area contributed by atoms with Crippen molar-refractivity contribution in [1.82, 2.24) is 0 Å². The zero-order chi connectivity index (χ0) is 19.1. The minimum absolute atomic E-state index is 0.00193. The molecule has 0 saturated carbocycles. The maximum Gasteiger partial charge on any atom is 0.131 e. The number of benzene rings is 2. The average Bonchev–Trinajstić information content (AvgIpc) is 2.97. The van der Waals surface area contributed by atoms with Crippen molar-refractivity contribution in [2.45, 2.75) is 39.4 Å². The summed E-state index contributed by atoms with van der Waals surface area (Å²) in [6, 6.07) is 11.8. The number of ether oxygens (including phenoxy) is 2. The van der Waals surface area contributed by atoms with E-state index in [-0.39, 0.29) is 6.10 Å². The van der Waals surface area contributed by atoms with Gasteiger partial charge in [-0.05, 0) is 72.7 Å². The van der Waals surface area contributed by atoms with Gasteiger partial charge >= 0.3 is 0 Å². The van der Waals surface area contributed by atoms with Gasteiger partial charge < -0.3 is 9.47 Å². The maximum atomic E-state index is 9.07. The van der Waals surface area contributed by atoms with Crippen LogP contribution < -0.4 is 4.74 Å². The molecule has 2 aromatic rings. The molecule has 0 unspecified atom stereocenters. The molecule has 1 saturated heterocycles. The first-order valence-corrected chi connectivity index (χ1v) is 9.29. The van der Waals surface area contributed by atoms with Crippen molar-refractivity contribution < 1.29 is 9.47 Å². The summed E-state index contributed by atoms with van der Waals surface area (Å²) in [5, 5.41) is 9.07. The first-order valence-electron chi connectivity index (χ1n) is 9.29. The van der Waals surface area contributed by atoms with Crippen LogP contribution in [0.2, 0.25) is 0 Å². The number of hydrogen-bond acceptors (Lipinski definition) is 3. The molecule has 1 heterocycles. The summed E-state index contributed by atoms with van der Waals surface area (Å²) in [4.78, 5) is 0. The van der Waals surface area contributed by atoms with Crippen molar-refractivity contribution >= 4 is 0 Å². The molecule has 1 fully saturated rings. The molecule has 3 heteroatoms. The Kier molecular flexibility index (Phi) is 4.28. The molecule has 0 amide bonds. The molecule has 4 rings (SSSR count). The molecule has 2 aromatic carbocycles. The van der Waals surface area contributed by atoms with Crippen molar-refractivity contribution in [2.75, 3.05) is 0 Å². The van der Waals surface area contributed by atoms with E-state index in [9.17, 15) is 0 Å². The molecule has 0 aromatic heterocycles. The van der Waals surface area contributed by atoms with E-state index in [0.29, 0.717) is 18.1 Å². The van der Waals surface area contributed by atoms with Crippen LogP contribution in [0.5, 0.6) is 5.75 Å².